The summed E-state index contributed by atoms with van der Waals surface area (Å²) >= 11 is 0. The van der Waals surface area contributed by atoms with Gasteiger partial charge in [-0.3, -0.25) is 4.79 Å². The molecule has 29 heavy (non-hydrogen) atoms. The number of halogens is 3. The molecule has 1 heterocycles. The molecule has 1 aromatic rings. The molecule has 162 valence electrons. The molecule has 0 aromatic heterocycles. The van der Waals surface area contributed by atoms with Crippen molar-refractivity contribution in [2.24, 2.45) is 11.8 Å². The summed E-state index contributed by atoms with van der Waals surface area (Å²) in [6, 6.07) is 8.98. The van der Waals surface area contributed by atoms with E-state index >= 15 is 0 Å². The number of rotatable bonds is 6. The lowest BCUT2D eigenvalue weighted by Gasteiger charge is -2.35. The van der Waals surface area contributed by atoms with E-state index in [1.165, 1.54) is 32.1 Å². The number of nitrogens with one attached hydrogen (secondary N) is 1. The second kappa shape index (κ2) is 9.96. The van der Waals surface area contributed by atoms with Crippen LogP contribution in [0.4, 0.5) is 13.2 Å². The third-order valence-corrected chi connectivity index (χ3v) is 6.51. The highest BCUT2D eigenvalue weighted by molar-refractivity contribution is 5.86. The Labute approximate surface area is 171 Å². The molecule has 1 aliphatic carbocycles. The molecule has 6 heteroatoms. The standard InChI is InChI=1S/C23H32F3NO2/c24-23(25,26)22(21(28)27-17-20-10-5-2-6-11-20)16-19(12-7-15-29-22)14-13-18-8-3-1-4-9-18/h2,5-6,10-11,18-19H,1,3-4,7-9,12-17H2,(H,27,28)/t19-,22-/m0/s1. The molecule has 1 aliphatic heterocycles. The van der Waals surface area contributed by atoms with Gasteiger partial charge < -0.3 is 10.1 Å². The Hall–Kier alpha value is -1.56. The predicted octanol–water partition coefficient (Wildman–Crippen LogP) is 5.78. The number of ether oxygens (including phenoxy) is 1. The molecule has 1 N–H and O–H groups in total. The van der Waals surface area contributed by atoms with Gasteiger partial charge in [-0.05, 0) is 36.7 Å². The van der Waals surface area contributed by atoms with Crippen LogP contribution in [0, 0.1) is 11.8 Å². The van der Waals surface area contributed by atoms with Gasteiger partial charge in [-0.2, -0.15) is 13.2 Å². The summed E-state index contributed by atoms with van der Waals surface area (Å²) in [5.74, 6) is -0.568. The van der Waals surface area contributed by atoms with E-state index in [0.717, 1.165) is 18.4 Å². The van der Waals surface area contributed by atoms with Crippen LogP contribution < -0.4 is 5.32 Å². The number of carbonyl (C=O) groups excluding carboxylic acids is 1. The zero-order chi connectivity index (χ0) is 20.7. The van der Waals surface area contributed by atoms with E-state index in [9.17, 15) is 18.0 Å². The van der Waals surface area contributed by atoms with Gasteiger partial charge in [0.25, 0.3) is 5.91 Å². The summed E-state index contributed by atoms with van der Waals surface area (Å²) < 4.78 is 47.7. The van der Waals surface area contributed by atoms with Crippen LogP contribution in [0.5, 0.6) is 0 Å². The molecule has 0 radical (unpaired) electrons. The van der Waals surface area contributed by atoms with Crippen molar-refractivity contribution in [2.75, 3.05) is 6.61 Å². The topological polar surface area (TPSA) is 38.3 Å². The Morgan fingerprint density at radius 1 is 1.00 bits per heavy atom. The largest absolute Gasteiger partial charge is 0.426 e. The SMILES string of the molecule is O=C(NCc1ccccc1)[C@]1(C(F)(F)F)C[C@H](CCC2CCCCC2)CCCO1. The highest BCUT2D eigenvalue weighted by Gasteiger charge is 2.62. The molecular formula is C23H32F3NO2. The molecule has 0 bridgehead atoms. The molecule has 2 aliphatic rings. The van der Waals surface area contributed by atoms with E-state index in [1.807, 2.05) is 6.07 Å². The van der Waals surface area contributed by atoms with Gasteiger partial charge in [0, 0.05) is 13.2 Å². The van der Waals surface area contributed by atoms with E-state index in [2.05, 4.69) is 5.32 Å². The van der Waals surface area contributed by atoms with Crippen LogP contribution in [0.1, 0.15) is 69.8 Å². The molecule has 0 unspecified atom stereocenters. The number of hydrogen-bond acceptors (Lipinski definition) is 2. The molecule has 0 spiro atoms. The summed E-state index contributed by atoms with van der Waals surface area (Å²) in [6.07, 6.45) is 4.06. The van der Waals surface area contributed by atoms with Crippen molar-refractivity contribution in [1.82, 2.24) is 5.32 Å². The molecular weight excluding hydrogens is 379 g/mol. The van der Waals surface area contributed by atoms with Crippen LogP contribution >= 0.6 is 0 Å². The van der Waals surface area contributed by atoms with Crippen LogP contribution in [0.15, 0.2) is 30.3 Å². The summed E-state index contributed by atoms with van der Waals surface area (Å²) in [4.78, 5) is 12.8. The Balaban J connectivity index is 1.67. The summed E-state index contributed by atoms with van der Waals surface area (Å²) in [5.41, 5.74) is -1.98. The molecule has 2 atom stereocenters. The zero-order valence-corrected chi connectivity index (χ0v) is 17.0. The zero-order valence-electron chi connectivity index (χ0n) is 17.0. The second-order valence-electron chi connectivity index (χ2n) is 8.64. The van der Waals surface area contributed by atoms with Gasteiger partial charge in [-0.1, -0.05) is 75.3 Å². The lowest BCUT2D eigenvalue weighted by atomic mass is 9.80. The summed E-state index contributed by atoms with van der Waals surface area (Å²) in [7, 11) is 0. The predicted molar refractivity (Wildman–Crippen MR) is 106 cm³/mol. The average Bonchev–Trinajstić information content (AvgIpc) is 2.95. The Morgan fingerprint density at radius 3 is 2.34 bits per heavy atom. The number of benzene rings is 1. The van der Waals surface area contributed by atoms with Crippen molar-refractivity contribution >= 4 is 5.91 Å². The molecule has 1 aromatic carbocycles. The number of carbonyl (C=O) groups is 1. The minimum atomic E-state index is -4.73. The van der Waals surface area contributed by atoms with Gasteiger partial charge in [0.15, 0.2) is 0 Å². The van der Waals surface area contributed by atoms with Crippen molar-refractivity contribution in [3.63, 3.8) is 0 Å². The molecule has 3 nitrogen and oxygen atoms in total. The minimum absolute atomic E-state index is 0.0296. The average molecular weight is 412 g/mol. The second-order valence-corrected chi connectivity index (χ2v) is 8.64. The van der Waals surface area contributed by atoms with E-state index in [-0.39, 0.29) is 25.5 Å². The molecule has 1 amide bonds. The molecule has 1 saturated heterocycles. The number of alkyl halides is 3. The van der Waals surface area contributed by atoms with Gasteiger partial charge in [0.2, 0.25) is 5.60 Å². The van der Waals surface area contributed by atoms with Gasteiger partial charge in [-0.15, -0.1) is 0 Å². The van der Waals surface area contributed by atoms with E-state index in [4.69, 9.17) is 4.74 Å². The highest BCUT2D eigenvalue weighted by atomic mass is 19.4. The lowest BCUT2D eigenvalue weighted by Crippen LogP contribution is -2.59. The summed E-state index contributed by atoms with van der Waals surface area (Å²) in [6.45, 7) is 0.0335. The maximum absolute atomic E-state index is 14.1. The third kappa shape index (κ3) is 5.74. The van der Waals surface area contributed by atoms with Gasteiger partial charge >= 0.3 is 6.18 Å². The van der Waals surface area contributed by atoms with Crippen molar-refractivity contribution in [1.29, 1.82) is 0 Å². The van der Waals surface area contributed by atoms with Crippen LogP contribution in [0.2, 0.25) is 0 Å². The first-order chi connectivity index (χ1) is 13.9. The van der Waals surface area contributed by atoms with Crippen LogP contribution in [0.3, 0.4) is 0 Å². The maximum atomic E-state index is 14.1. The first-order valence-corrected chi connectivity index (χ1v) is 10.9. The Kier molecular flexibility index (Phi) is 7.60. The van der Waals surface area contributed by atoms with E-state index in [1.54, 1.807) is 24.3 Å². The van der Waals surface area contributed by atoms with E-state index in [0.29, 0.717) is 18.8 Å². The van der Waals surface area contributed by atoms with E-state index < -0.39 is 17.7 Å². The first-order valence-electron chi connectivity index (χ1n) is 10.9. The van der Waals surface area contributed by atoms with Crippen molar-refractivity contribution in [2.45, 2.75) is 82.5 Å². The molecule has 2 fully saturated rings. The minimum Gasteiger partial charge on any atom is -0.357 e. The fraction of sp³-hybridized carbons (Fsp3) is 0.696. The van der Waals surface area contributed by atoms with Gasteiger partial charge in [0.1, 0.15) is 0 Å². The normalized spacial score (nSPS) is 26.7. The van der Waals surface area contributed by atoms with Crippen LogP contribution in [-0.2, 0) is 16.1 Å². The number of amides is 1. The van der Waals surface area contributed by atoms with Crippen LogP contribution in [0.25, 0.3) is 0 Å². The lowest BCUT2D eigenvalue weighted by molar-refractivity contribution is -0.269. The Morgan fingerprint density at radius 2 is 1.66 bits per heavy atom. The first kappa shape index (κ1) is 22.1. The van der Waals surface area contributed by atoms with Crippen molar-refractivity contribution in [3.05, 3.63) is 35.9 Å². The van der Waals surface area contributed by atoms with Crippen molar-refractivity contribution < 1.29 is 22.7 Å². The molecule has 1 saturated carbocycles. The quantitative estimate of drug-likeness (QED) is 0.644. The van der Waals surface area contributed by atoms with Crippen LogP contribution in [-0.4, -0.2) is 24.3 Å². The Bertz CT molecular complexity index is 643. The monoisotopic (exact) mass is 411 g/mol. The fourth-order valence-corrected chi connectivity index (χ4v) is 4.79. The maximum Gasteiger partial charge on any atom is 0.426 e. The molecule has 3 rings (SSSR count). The highest BCUT2D eigenvalue weighted by Crippen LogP contribution is 2.43. The van der Waals surface area contributed by atoms with Gasteiger partial charge in [-0.25, -0.2) is 0 Å². The smallest absolute Gasteiger partial charge is 0.357 e. The van der Waals surface area contributed by atoms with Crippen molar-refractivity contribution in [3.8, 4) is 0 Å². The fourth-order valence-electron chi connectivity index (χ4n) is 4.79. The number of hydrogen-bond donors (Lipinski definition) is 1. The summed E-state index contributed by atoms with van der Waals surface area (Å²) in [5, 5.41) is 2.49. The van der Waals surface area contributed by atoms with Gasteiger partial charge in [0.05, 0.1) is 0 Å². The third-order valence-electron chi connectivity index (χ3n) is 6.51.